The minimum absolute atomic E-state index is 0.332. The Labute approximate surface area is 179 Å². The van der Waals surface area contributed by atoms with Crippen LogP contribution >= 0.6 is 11.6 Å². The quantitative estimate of drug-likeness (QED) is 0.258. The van der Waals surface area contributed by atoms with E-state index in [1.54, 1.807) is 66.7 Å². The number of esters is 1. The second-order valence-corrected chi connectivity index (χ2v) is 6.56. The van der Waals surface area contributed by atoms with Crippen molar-refractivity contribution in [2.45, 2.75) is 6.92 Å². The first-order valence-corrected chi connectivity index (χ1v) is 9.57. The van der Waals surface area contributed by atoms with E-state index in [4.69, 9.17) is 21.1 Å². The monoisotopic (exact) mass is 422 g/mol. The van der Waals surface area contributed by atoms with E-state index in [-0.39, 0.29) is 5.91 Å². The Morgan fingerprint density at radius 2 is 1.67 bits per heavy atom. The van der Waals surface area contributed by atoms with Crippen LogP contribution in [0.4, 0.5) is 0 Å². The van der Waals surface area contributed by atoms with E-state index in [1.807, 2.05) is 6.92 Å². The predicted octanol–water partition coefficient (Wildman–Crippen LogP) is 4.72. The molecule has 152 valence electrons. The first-order chi connectivity index (χ1) is 14.5. The number of ether oxygens (including phenoxy) is 2. The third kappa shape index (κ3) is 5.93. The number of hydrogen-bond acceptors (Lipinski definition) is 5. The maximum absolute atomic E-state index is 12.1. The van der Waals surface area contributed by atoms with Crippen LogP contribution in [-0.4, -0.2) is 24.7 Å². The van der Waals surface area contributed by atoms with Crippen LogP contribution in [0.15, 0.2) is 77.9 Å². The van der Waals surface area contributed by atoms with Gasteiger partial charge in [-0.05, 0) is 79.2 Å². The van der Waals surface area contributed by atoms with Crippen molar-refractivity contribution in [1.29, 1.82) is 0 Å². The van der Waals surface area contributed by atoms with Gasteiger partial charge in [-0.3, -0.25) is 4.79 Å². The highest BCUT2D eigenvalue weighted by Crippen LogP contribution is 2.16. The molecule has 0 aliphatic carbocycles. The van der Waals surface area contributed by atoms with E-state index in [9.17, 15) is 9.59 Å². The minimum Gasteiger partial charge on any atom is -0.494 e. The summed E-state index contributed by atoms with van der Waals surface area (Å²) in [5.74, 6) is 0.257. The van der Waals surface area contributed by atoms with Crippen LogP contribution in [0.25, 0.3) is 0 Å². The highest BCUT2D eigenvalue weighted by atomic mass is 35.5. The third-order valence-electron chi connectivity index (χ3n) is 3.96. The lowest BCUT2D eigenvalue weighted by atomic mass is 10.2. The van der Waals surface area contributed by atoms with E-state index in [0.29, 0.717) is 34.3 Å². The summed E-state index contributed by atoms with van der Waals surface area (Å²) >= 11 is 5.88. The van der Waals surface area contributed by atoms with E-state index >= 15 is 0 Å². The fourth-order valence-electron chi connectivity index (χ4n) is 2.50. The van der Waals surface area contributed by atoms with Gasteiger partial charge in [-0.1, -0.05) is 17.7 Å². The molecule has 0 unspecified atom stereocenters. The lowest BCUT2D eigenvalue weighted by Crippen LogP contribution is -2.17. The van der Waals surface area contributed by atoms with E-state index in [2.05, 4.69) is 10.5 Å². The molecule has 0 aromatic heterocycles. The number of benzene rings is 3. The first-order valence-electron chi connectivity index (χ1n) is 9.19. The van der Waals surface area contributed by atoms with Crippen LogP contribution < -0.4 is 14.9 Å². The number of amides is 1. The normalized spacial score (nSPS) is 10.6. The second-order valence-electron chi connectivity index (χ2n) is 6.13. The molecule has 1 amide bonds. The molecule has 3 aromatic rings. The molecule has 0 fully saturated rings. The average Bonchev–Trinajstić information content (AvgIpc) is 2.75. The Bertz CT molecular complexity index is 1050. The zero-order valence-corrected chi connectivity index (χ0v) is 16.9. The molecule has 0 atom stereocenters. The van der Waals surface area contributed by atoms with Gasteiger partial charge in [0.2, 0.25) is 0 Å². The first kappa shape index (κ1) is 21.1. The molecular formula is C23H19ClN2O4. The zero-order chi connectivity index (χ0) is 21.3. The Balaban J connectivity index is 1.54. The minimum atomic E-state index is -0.499. The molecule has 0 bridgehead atoms. The van der Waals surface area contributed by atoms with Crippen LogP contribution in [0.5, 0.6) is 11.5 Å². The fourth-order valence-corrected chi connectivity index (χ4v) is 2.69. The van der Waals surface area contributed by atoms with Gasteiger partial charge in [0.05, 0.1) is 18.4 Å². The molecule has 0 saturated carbocycles. The predicted molar refractivity (Wildman–Crippen MR) is 116 cm³/mol. The lowest BCUT2D eigenvalue weighted by molar-refractivity contribution is 0.0734. The van der Waals surface area contributed by atoms with E-state index < -0.39 is 5.97 Å². The highest BCUT2D eigenvalue weighted by Gasteiger charge is 2.09. The number of nitrogens with zero attached hydrogens (tertiary/aromatic N) is 1. The summed E-state index contributed by atoms with van der Waals surface area (Å²) in [7, 11) is 0. The van der Waals surface area contributed by atoms with E-state index in [0.717, 1.165) is 5.56 Å². The zero-order valence-electron chi connectivity index (χ0n) is 16.2. The van der Waals surface area contributed by atoms with Crippen LogP contribution in [0.1, 0.15) is 33.2 Å². The molecule has 30 heavy (non-hydrogen) atoms. The van der Waals surface area contributed by atoms with Crippen molar-refractivity contribution in [1.82, 2.24) is 5.43 Å². The van der Waals surface area contributed by atoms with Crippen molar-refractivity contribution in [3.63, 3.8) is 0 Å². The summed E-state index contributed by atoms with van der Waals surface area (Å²) in [6.45, 7) is 2.46. The van der Waals surface area contributed by atoms with Crippen molar-refractivity contribution in [3.05, 3.63) is 94.5 Å². The molecule has 6 nitrogen and oxygen atoms in total. The van der Waals surface area contributed by atoms with Crippen molar-refractivity contribution in [2.75, 3.05) is 6.61 Å². The Morgan fingerprint density at radius 3 is 2.33 bits per heavy atom. The number of rotatable bonds is 7. The SMILES string of the molecule is CCOc1ccc(C(=O)N/N=C\c2ccc(OC(=O)c3cccc(Cl)c3)cc2)cc1. The topological polar surface area (TPSA) is 77.0 Å². The molecule has 7 heteroatoms. The van der Waals surface area contributed by atoms with Crippen LogP contribution in [0, 0.1) is 0 Å². The molecule has 1 N–H and O–H groups in total. The smallest absolute Gasteiger partial charge is 0.343 e. The van der Waals surface area contributed by atoms with Crippen molar-refractivity contribution in [2.24, 2.45) is 5.10 Å². The third-order valence-corrected chi connectivity index (χ3v) is 4.19. The van der Waals surface area contributed by atoms with Crippen LogP contribution in [0.3, 0.4) is 0 Å². The Kier molecular flexibility index (Phi) is 7.19. The van der Waals surface area contributed by atoms with E-state index in [1.165, 1.54) is 12.3 Å². The number of halogens is 1. The summed E-state index contributed by atoms with van der Waals surface area (Å²) in [4.78, 5) is 24.2. The molecule has 0 heterocycles. The number of carbonyl (C=O) groups is 2. The molecule has 0 aliphatic heterocycles. The van der Waals surface area contributed by atoms with Gasteiger partial charge < -0.3 is 9.47 Å². The van der Waals surface area contributed by atoms with Gasteiger partial charge in [0.15, 0.2) is 0 Å². The van der Waals surface area contributed by atoms with Crippen LogP contribution in [-0.2, 0) is 0 Å². The maximum Gasteiger partial charge on any atom is 0.343 e. The summed E-state index contributed by atoms with van der Waals surface area (Å²) in [5.41, 5.74) is 4.03. The highest BCUT2D eigenvalue weighted by molar-refractivity contribution is 6.30. The average molecular weight is 423 g/mol. The number of carbonyl (C=O) groups excluding carboxylic acids is 2. The molecule has 0 saturated heterocycles. The summed E-state index contributed by atoms with van der Waals surface area (Å²) in [6, 6.07) is 20.0. The molecule has 0 radical (unpaired) electrons. The van der Waals surface area contributed by atoms with Gasteiger partial charge in [0, 0.05) is 10.6 Å². The molecule has 0 aliphatic rings. The van der Waals surface area contributed by atoms with Crippen LogP contribution in [0.2, 0.25) is 5.02 Å². The Hall–Kier alpha value is -3.64. The van der Waals surface area contributed by atoms with Gasteiger partial charge in [0.25, 0.3) is 5.91 Å². The molecule has 0 spiro atoms. The number of hydrazone groups is 1. The number of nitrogens with one attached hydrogen (secondary N) is 1. The summed E-state index contributed by atoms with van der Waals surface area (Å²) in [6.07, 6.45) is 1.50. The maximum atomic E-state index is 12.1. The number of hydrogen-bond donors (Lipinski definition) is 1. The fraction of sp³-hybridized carbons (Fsp3) is 0.0870. The van der Waals surface area contributed by atoms with Gasteiger partial charge in [-0.2, -0.15) is 5.10 Å². The van der Waals surface area contributed by atoms with Gasteiger partial charge in [-0.25, -0.2) is 10.2 Å². The molecule has 3 rings (SSSR count). The van der Waals surface area contributed by atoms with Crippen molar-refractivity contribution in [3.8, 4) is 11.5 Å². The van der Waals surface area contributed by atoms with Gasteiger partial charge in [0.1, 0.15) is 11.5 Å². The Morgan fingerprint density at radius 1 is 0.967 bits per heavy atom. The summed E-state index contributed by atoms with van der Waals surface area (Å²) in [5, 5.41) is 4.41. The second kappa shape index (κ2) is 10.2. The van der Waals surface area contributed by atoms with Gasteiger partial charge in [-0.15, -0.1) is 0 Å². The standard InChI is InChI=1S/C23H19ClN2O4/c1-2-29-20-12-8-17(9-13-20)22(27)26-25-15-16-6-10-21(11-7-16)30-23(28)18-4-3-5-19(24)14-18/h3-15H,2H2,1H3,(H,26,27)/b25-15-. The van der Waals surface area contributed by atoms with Crippen molar-refractivity contribution < 1.29 is 19.1 Å². The van der Waals surface area contributed by atoms with Gasteiger partial charge >= 0.3 is 5.97 Å². The largest absolute Gasteiger partial charge is 0.494 e. The molecular weight excluding hydrogens is 404 g/mol. The lowest BCUT2D eigenvalue weighted by Gasteiger charge is -2.05. The van der Waals surface area contributed by atoms with Crippen molar-refractivity contribution >= 4 is 29.7 Å². The molecule has 3 aromatic carbocycles. The summed E-state index contributed by atoms with van der Waals surface area (Å²) < 4.78 is 10.7.